The first-order valence-electron chi connectivity index (χ1n) is 10.3. The minimum atomic E-state index is -0.247. The standard InChI is InChI=1S/C23H20ClFN4OS2/c24-17-7-3-15(4-8-17)21-27-28-23(29(21)12-20-2-1-11-30-20)32-14-19-13-31-22(26-19)16-5-9-18(25)10-6-16/h3-10,13,20H,1-2,11-12,14H2/t20-/m0/s1. The molecule has 3 heterocycles. The van der Waals surface area contributed by atoms with Gasteiger partial charge in [-0.3, -0.25) is 4.57 Å². The maximum Gasteiger partial charge on any atom is 0.191 e. The number of ether oxygens (including phenoxy) is 1. The van der Waals surface area contributed by atoms with Crippen LogP contribution < -0.4 is 0 Å². The second-order valence-electron chi connectivity index (χ2n) is 7.50. The molecule has 9 heteroatoms. The first-order chi connectivity index (χ1) is 15.7. The molecule has 0 saturated carbocycles. The Hall–Kier alpha value is -2.26. The van der Waals surface area contributed by atoms with E-state index in [2.05, 4.69) is 14.8 Å². The largest absolute Gasteiger partial charge is 0.376 e. The van der Waals surface area contributed by atoms with E-state index in [0.717, 1.165) is 52.3 Å². The van der Waals surface area contributed by atoms with E-state index in [9.17, 15) is 4.39 Å². The van der Waals surface area contributed by atoms with Crippen LogP contribution in [0.25, 0.3) is 22.0 Å². The van der Waals surface area contributed by atoms with Crippen LogP contribution in [0.3, 0.4) is 0 Å². The lowest BCUT2D eigenvalue weighted by molar-refractivity contribution is 0.0953. The van der Waals surface area contributed by atoms with E-state index in [0.29, 0.717) is 17.3 Å². The van der Waals surface area contributed by atoms with Gasteiger partial charge in [0.2, 0.25) is 0 Å². The number of thiazole rings is 1. The number of aromatic nitrogens is 4. The molecule has 0 N–H and O–H groups in total. The predicted octanol–water partition coefficient (Wildman–Crippen LogP) is 6.33. The second-order valence-corrected chi connectivity index (χ2v) is 9.74. The molecule has 32 heavy (non-hydrogen) atoms. The molecule has 0 amide bonds. The van der Waals surface area contributed by atoms with Gasteiger partial charge in [-0.2, -0.15) is 0 Å². The van der Waals surface area contributed by atoms with Crippen molar-refractivity contribution in [3.8, 4) is 22.0 Å². The lowest BCUT2D eigenvalue weighted by atomic mass is 10.2. The van der Waals surface area contributed by atoms with Crippen LogP contribution in [0.15, 0.2) is 59.1 Å². The molecule has 164 valence electrons. The quantitative estimate of drug-likeness (QED) is 0.285. The number of hydrogen-bond acceptors (Lipinski definition) is 6. The molecule has 5 rings (SSSR count). The summed E-state index contributed by atoms with van der Waals surface area (Å²) in [4.78, 5) is 4.71. The van der Waals surface area contributed by atoms with Crippen LogP contribution in [-0.4, -0.2) is 32.5 Å². The van der Waals surface area contributed by atoms with Crippen molar-refractivity contribution >= 4 is 34.7 Å². The average molecular weight is 487 g/mol. The van der Waals surface area contributed by atoms with E-state index >= 15 is 0 Å². The van der Waals surface area contributed by atoms with Gasteiger partial charge >= 0.3 is 0 Å². The molecule has 2 aromatic heterocycles. The zero-order valence-electron chi connectivity index (χ0n) is 17.1. The van der Waals surface area contributed by atoms with E-state index in [1.54, 1.807) is 35.2 Å². The Labute approximate surface area is 198 Å². The molecule has 0 bridgehead atoms. The van der Waals surface area contributed by atoms with Gasteiger partial charge < -0.3 is 4.74 Å². The number of nitrogens with zero attached hydrogens (tertiary/aromatic N) is 4. The van der Waals surface area contributed by atoms with Crippen LogP contribution in [-0.2, 0) is 17.0 Å². The summed E-state index contributed by atoms with van der Waals surface area (Å²) in [6, 6.07) is 14.1. The monoisotopic (exact) mass is 486 g/mol. The maximum atomic E-state index is 13.2. The highest BCUT2D eigenvalue weighted by Crippen LogP contribution is 2.31. The summed E-state index contributed by atoms with van der Waals surface area (Å²) >= 11 is 9.22. The fraction of sp³-hybridized carbons (Fsp3) is 0.261. The molecule has 1 aliphatic heterocycles. The number of hydrogen-bond donors (Lipinski definition) is 0. The van der Waals surface area contributed by atoms with Crippen molar-refractivity contribution in [1.29, 1.82) is 0 Å². The summed E-state index contributed by atoms with van der Waals surface area (Å²) in [7, 11) is 0. The van der Waals surface area contributed by atoms with Gasteiger partial charge in [0.1, 0.15) is 10.8 Å². The average Bonchev–Trinajstić information content (AvgIpc) is 3.56. The van der Waals surface area contributed by atoms with Crippen LogP contribution in [0, 0.1) is 5.82 Å². The third-order valence-electron chi connectivity index (χ3n) is 5.22. The van der Waals surface area contributed by atoms with Gasteiger partial charge in [-0.1, -0.05) is 23.4 Å². The van der Waals surface area contributed by atoms with Gasteiger partial charge in [0.25, 0.3) is 0 Å². The number of thioether (sulfide) groups is 1. The molecule has 0 unspecified atom stereocenters. The molecular weight excluding hydrogens is 467 g/mol. The normalized spacial score (nSPS) is 16.0. The smallest absolute Gasteiger partial charge is 0.191 e. The minimum absolute atomic E-state index is 0.167. The highest BCUT2D eigenvalue weighted by atomic mass is 35.5. The van der Waals surface area contributed by atoms with Crippen LogP contribution in [0.2, 0.25) is 5.02 Å². The molecule has 1 aliphatic rings. The Morgan fingerprint density at radius 2 is 1.88 bits per heavy atom. The highest BCUT2D eigenvalue weighted by Gasteiger charge is 2.22. The third kappa shape index (κ3) is 4.88. The fourth-order valence-electron chi connectivity index (χ4n) is 3.60. The van der Waals surface area contributed by atoms with E-state index in [1.165, 1.54) is 12.1 Å². The number of rotatable bonds is 7. The van der Waals surface area contributed by atoms with Gasteiger partial charge in [0.15, 0.2) is 11.0 Å². The van der Waals surface area contributed by atoms with Crippen molar-refractivity contribution in [2.24, 2.45) is 0 Å². The van der Waals surface area contributed by atoms with E-state index < -0.39 is 0 Å². The zero-order chi connectivity index (χ0) is 21.9. The van der Waals surface area contributed by atoms with Crippen molar-refractivity contribution in [1.82, 2.24) is 19.7 Å². The zero-order valence-corrected chi connectivity index (χ0v) is 19.5. The van der Waals surface area contributed by atoms with Crippen molar-refractivity contribution in [3.05, 3.63) is 70.4 Å². The van der Waals surface area contributed by atoms with E-state index in [1.807, 2.05) is 29.6 Å². The summed E-state index contributed by atoms with van der Waals surface area (Å²) in [5.41, 5.74) is 2.84. The summed E-state index contributed by atoms with van der Waals surface area (Å²) in [5.74, 6) is 1.23. The van der Waals surface area contributed by atoms with E-state index in [-0.39, 0.29) is 11.9 Å². The predicted molar refractivity (Wildman–Crippen MR) is 127 cm³/mol. The molecule has 1 atom stereocenters. The number of benzene rings is 2. The van der Waals surface area contributed by atoms with Crippen LogP contribution >= 0.6 is 34.7 Å². The highest BCUT2D eigenvalue weighted by molar-refractivity contribution is 7.98. The first kappa shape index (κ1) is 21.6. The van der Waals surface area contributed by atoms with Gasteiger partial charge in [0, 0.05) is 33.9 Å². The second kappa shape index (κ2) is 9.70. The molecule has 0 radical (unpaired) electrons. The molecule has 4 aromatic rings. The Morgan fingerprint density at radius 3 is 2.62 bits per heavy atom. The van der Waals surface area contributed by atoms with Gasteiger partial charge in [-0.15, -0.1) is 21.5 Å². The molecule has 1 fully saturated rings. The minimum Gasteiger partial charge on any atom is -0.376 e. The van der Waals surface area contributed by atoms with Gasteiger partial charge in [-0.25, -0.2) is 9.37 Å². The Balaban J connectivity index is 1.36. The lowest BCUT2D eigenvalue weighted by Gasteiger charge is -2.14. The van der Waals surface area contributed by atoms with Gasteiger partial charge in [0.05, 0.1) is 18.3 Å². The molecule has 0 spiro atoms. The SMILES string of the molecule is Fc1ccc(-c2nc(CSc3nnc(-c4ccc(Cl)cc4)n3C[C@@H]3CCCO3)cs2)cc1. The Kier molecular flexibility index (Phi) is 6.54. The van der Waals surface area contributed by atoms with Crippen molar-refractivity contribution < 1.29 is 9.13 Å². The first-order valence-corrected chi connectivity index (χ1v) is 12.5. The fourth-order valence-corrected chi connectivity index (χ4v) is 5.50. The molecular formula is C23H20ClFN4OS2. The van der Waals surface area contributed by atoms with Crippen LogP contribution in [0.5, 0.6) is 0 Å². The molecule has 2 aromatic carbocycles. The Morgan fingerprint density at radius 1 is 1.09 bits per heavy atom. The summed E-state index contributed by atoms with van der Waals surface area (Å²) in [6.45, 7) is 1.52. The van der Waals surface area contributed by atoms with Crippen LogP contribution in [0.1, 0.15) is 18.5 Å². The Bertz CT molecular complexity index is 1190. The molecule has 1 saturated heterocycles. The summed E-state index contributed by atoms with van der Waals surface area (Å²) in [6.07, 6.45) is 2.28. The lowest BCUT2D eigenvalue weighted by Crippen LogP contribution is -2.16. The van der Waals surface area contributed by atoms with Crippen molar-refractivity contribution in [2.75, 3.05) is 6.61 Å². The topological polar surface area (TPSA) is 52.8 Å². The molecule has 5 nitrogen and oxygen atoms in total. The van der Waals surface area contributed by atoms with Crippen molar-refractivity contribution in [3.63, 3.8) is 0 Å². The van der Waals surface area contributed by atoms with Gasteiger partial charge in [-0.05, 0) is 61.4 Å². The maximum absolute atomic E-state index is 13.2. The molecule has 0 aliphatic carbocycles. The van der Waals surface area contributed by atoms with Crippen LogP contribution in [0.4, 0.5) is 4.39 Å². The summed E-state index contributed by atoms with van der Waals surface area (Å²) in [5, 5.41) is 13.4. The third-order valence-corrected chi connectivity index (χ3v) is 7.41. The van der Waals surface area contributed by atoms with E-state index in [4.69, 9.17) is 21.3 Å². The summed E-state index contributed by atoms with van der Waals surface area (Å²) < 4.78 is 21.2. The number of halogens is 2. The van der Waals surface area contributed by atoms with Crippen molar-refractivity contribution in [2.45, 2.75) is 36.4 Å².